The molecule has 3 atom stereocenters. The van der Waals surface area contributed by atoms with Crippen molar-refractivity contribution in [2.24, 2.45) is 0 Å². The molecule has 19 heteroatoms. The van der Waals surface area contributed by atoms with Crippen LogP contribution in [-0.4, -0.2) is 60.6 Å². The second-order valence-corrected chi connectivity index (χ2v) is 19.6. The van der Waals surface area contributed by atoms with E-state index in [1.54, 1.807) is 78.9 Å². The van der Waals surface area contributed by atoms with E-state index in [4.69, 9.17) is 42.7 Å². The van der Waals surface area contributed by atoms with Crippen LogP contribution in [0.4, 0.5) is 10.8 Å². The van der Waals surface area contributed by atoms with Crippen LogP contribution < -0.4 is 25.4 Å². The average Bonchev–Trinajstić information content (AvgIpc) is 3.70. The van der Waals surface area contributed by atoms with Gasteiger partial charge in [0.25, 0.3) is 15.9 Å². The average molecular weight is 980 g/mol. The highest BCUT2D eigenvalue weighted by Crippen LogP contribution is 2.42. The van der Waals surface area contributed by atoms with Gasteiger partial charge in [0.1, 0.15) is 30.2 Å². The number of carbonyl (C=O) groups excluding carboxylic acids is 4. The number of thiazole rings is 1. The van der Waals surface area contributed by atoms with Gasteiger partial charge in [-0.25, -0.2) is 18.2 Å². The maximum atomic E-state index is 14.7. The molecule has 0 saturated carbocycles. The summed E-state index contributed by atoms with van der Waals surface area (Å²) < 4.78 is 47.6. The van der Waals surface area contributed by atoms with Crippen molar-refractivity contribution in [1.82, 2.24) is 14.6 Å². The summed E-state index contributed by atoms with van der Waals surface area (Å²) in [5.74, 6) is -1.60. The number of sulfonamides is 1. The molecule has 3 unspecified atom stereocenters. The van der Waals surface area contributed by atoms with E-state index in [1.807, 2.05) is 24.3 Å². The number of halogens is 2. The van der Waals surface area contributed by atoms with E-state index in [2.05, 4.69) is 27.0 Å². The molecule has 0 fully saturated rings. The van der Waals surface area contributed by atoms with Crippen LogP contribution in [0.3, 0.4) is 0 Å². The minimum Gasteiger partial charge on any atom is -0.489 e. The molecule has 1 aromatic heterocycles. The Kier molecular flexibility index (Phi) is 13.6. The molecule has 6 aromatic rings. The Morgan fingerprint density at radius 1 is 0.955 bits per heavy atom. The molecule has 0 bridgehead atoms. The molecular weight excluding hydrogens is 940 g/mol. The number of esters is 1. The summed E-state index contributed by atoms with van der Waals surface area (Å²) in [4.78, 5) is 57.5. The molecule has 2 aliphatic heterocycles. The van der Waals surface area contributed by atoms with Crippen LogP contribution in [0.1, 0.15) is 52.1 Å². The van der Waals surface area contributed by atoms with Crippen LogP contribution in [0.5, 0.6) is 11.5 Å². The van der Waals surface area contributed by atoms with Crippen molar-refractivity contribution in [3.05, 3.63) is 152 Å². The van der Waals surface area contributed by atoms with E-state index in [9.17, 15) is 27.6 Å². The number of nitrogens with one attached hydrogen (secondary N) is 3. The molecule has 0 spiro atoms. The van der Waals surface area contributed by atoms with E-state index < -0.39 is 51.9 Å². The number of hydrogen-bond donors (Lipinski definition) is 3. The minimum atomic E-state index is -4.51. The number of amides is 3. The molecule has 342 valence electrons. The molecule has 67 heavy (non-hydrogen) atoms. The van der Waals surface area contributed by atoms with Gasteiger partial charge in [-0.15, -0.1) is 0 Å². The van der Waals surface area contributed by atoms with Gasteiger partial charge in [0.05, 0.1) is 40.2 Å². The van der Waals surface area contributed by atoms with Gasteiger partial charge >= 0.3 is 5.97 Å². The number of nitriles is 1. The third-order valence-electron chi connectivity index (χ3n) is 11.1. The monoisotopic (exact) mass is 978 g/mol. The van der Waals surface area contributed by atoms with Gasteiger partial charge < -0.3 is 30.2 Å². The van der Waals surface area contributed by atoms with Gasteiger partial charge in [0, 0.05) is 25.5 Å². The Morgan fingerprint density at radius 3 is 2.30 bits per heavy atom. The number of anilines is 2. The number of aryl methyl sites for hydroxylation is 1. The smallest absolute Gasteiger partial charge is 0.328 e. The summed E-state index contributed by atoms with van der Waals surface area (Å²) in [5.41, 5.74) is 5.80. The highest BCUT2D eigenvalue weighted by Gasteiger charge is 2.43. The third kappa shape index (κ3) is 10.3. The van der Waals surface area contributed by atoms with Crippen LogP contribution >= 0.6 is 34.5 Å². The molecule has 15 nitrogen and oxygen atoms in total. The van der Waals surface area contributed by atoms with Crippen molar-refractivity contribution in [2.45, 2.75) is 62.2 Å². The molecule has 5 aromatic carbocycles. The standard InChI is InChI=1S/C48H40Cl2N6O9S2/c1-26-47(66-48(52-26)53-27(2)57)67(61,62)56-24-35-22-42-39(54-45(59)43(65-42)33-13-15-36(16-14-33)64-25-30-8-17-37(49)38(50)18-30)20-34(35)21-41(56)44(58)55-40(46(60)63-3)19-28-4-9-31(10-5-28)32-11-6-29(23-51)7-12-32/h4-18,20,22,40-41,43H,19,21,24-25H2,1-3H3,(H,54,59)(H,55,58)(H,52,53,57). The lowest BCUT2D eigenvalue weighted by Crippen LogP contribution is -2.56. The van der Waals surface area contributed by atoms with Gasteiger partial charge in [-0.3, -0.25) is 14.4 Å². The molecule has 0 radical (unpaired) electrons. The number of ether oxygens (including phenoxy) is 3. The van der Waals surface area contributed by atoms with Crippen molar-refractivity contribution in [3.63, 3.8) is 0 Å². The predicted molar refractivity (Wildman–Crippen MR) is 251 cm³/mol. The lowest BCUT2D eigenvalue weighted by atomic mass is 9.93. The number of methoxy groups -OCH3 is 1. The number of hydrogen-bond acceptors (Lipinski definition) is 12. The number of fused-ring (bicyclic) bond motifs is 2. The van der Waals surface area contributed by atoms with Crippen LogP contribution in [0, 0.1) is 18.3 Å². The Balaban J connectivity index is 1.05. The van der Waals surface area contributed by atoms with Crippen LogP contribution in [0.15, 0.2) is 107 Å². The van der Waals surface area contributed by atoms with Crippen molar-refractivity contribution >= 4 is 79.1 Å². The molecular formula is C48H40Cl2N6O9S2. The first-order chi connectivity index (χ1) is 32.1. The molecule has 2 aliphatic rings. The van der Waals surface area contributed by atoms with Gasteiger partial charge in [0.2, 0.25) is 17.9 Å². The second-order valence-electron chi connectivity index (χ2n) is 15.7. The fraction of sp³-hybridized carbons (Fsp3) is 0.208. The number of aromatic nitrogens is 1. The molecule has 0 aliphatic carbocycles. The normalized spacial score (nSPS) is 16.0. The van der Waals surface area contributed by atoms with Gasteiger partial charge in [-0.2, -0.15) is 9.57 Å². The zero-order valence-electron chi connectivity index (χ0n) is 36.0. The number of benzene rings is 5. The molecule has 3 amide bonds. The second kappa shape index (κ2) is 19.6. The Labute approximate surface area is 399 Å². The number of nitrogens with zero attached hydrogens (tertiary/aromatic N) is 3. The minimum absolute atomic E-state index is 0.0165. The first kappa shape index (κ1) is 46.7. The van der Waals surface area contributed by atoms with E-state index >= 15 is 0 Å². The van der Waals surface area contributed by atoms with E-state index in [0.717, 1.165) is 32.3 Å². The fourth-order valence-corrected chi connectivity index (χ4v) is 11.2. The lowest BCUT2D eigenvalue weighted by Gasteiger charge is -2.36. The largest absolute Gasteiger partial charge is 0.489 e. The van der Waals surface area contributed by atoms with Gasteiger partial charge in [0.15, 0.2) is 9.34 Å². The number of rotatable bonds is 13. The summed E-state index contributed by atoms with van der Waals surface area (Å²) >= 11 is 12.9. The van der Waals surface area contributed by atoms with Crippen LogP contribution in [-0.2, 0) is 59.9 Å². The Bertz CT molecular complexity index is 3070. The summed E-state index contributed by atoms with van der Waals surface area (Å²) in [6.45, 7) is 2.69. The highest BCUT2D eigenvalue weighted by atomic mass is 35.5. The van der Waals surface area contributed by atoms with Gasteiger partial charge in [-0.1, -0.05) is 89.1 Å². The van der Waals surface area contributed by atoms with E-state index in [-0.39, 0.29) is 46.8 Å². The highest BCUT2D eigenvalue weighted by molar-refractivity contribution is 7.91. The SMILES string of the molecule is COC(=O)C(Cc1ccc(-c2ccc(C#N)cc2)cc1)NC(=O)C1Cc2cc3c(cc2CN1S(=O)(=O)c1sc(NC(C)=O)nc1C)OC(c1ccc(OCc2ccc(Cl)c(Cl)c2)cc1)C(=O)N3. The Hall–Kier alpha value is -6.81. The van der Waals surface area contributed by atoms with Crippen LogP contribution in [0.25, 0.3) is 11.1 Å². The zero-order chi connectivity index (χ0) is 47.6. The maximum absolute atomic E-state index is 14.7. The van der Waals surface area contributed by atoms with Crippen LogP contribution in [0.2, 0.25) is 10.0 Å². The summed E-state index contributed by atoms with van der Waals surface area (Å²) in [6.07, 6.45) is -1.20. The van der Waals surface area contributed by atoms with E-state index in [0.29, 0.717) is 49.3 Å². The quantitative estimate of drug-likeness (QED) is 0.0948. The Morgan fingerprint density at radius 2 is 1.64 bits per heavy atom. The molecule has 8 rings (SSSR count). The third-order valence-corrected chi connectivity index (χ3v) is 15.4. The van der Waals surface area contributed by atoms with Gasteiger partial charge in [-0.05, 0) is 95.3 Å². The first-order valence-corrected chi connectivity index (χ1v) is 23.7. The molecule has 3 N–H and O–H groups in total. The van der Waals surface area contributed by atoms with Crippen molar-refractivity contribution in [1.29, 1.82) is 5.26 Å². The lowest BCUT2D eigenvalue weighted by molar-refractivity contribution is -0.145. The van der Waals surface area contributed by atoms with Crippen molar-refractivity contribution in [2.75, 3.05) is 17.7 Å². The maximum Gasteiger partial charge on any atom is 0.328 e. The molecule has 0 saturated heterocycles. The van der Waals surface area contributed by atoms with E-state index in [1.165, 1.54) is 21.0 Å². The zero-order valence-corrected chi connectivity index (χ0v) is 39.1. The number of carbonyl (C=O) groups is 4. The topological polar surface area (TPSA) is 206 Å². The molecule has 3 heterocycles. The first-order valence-electron chi connectivity index (χ1n) is 20.6. The summed E-state index contributed by atoms with van der Waals surface area (Å²) in [7, 11) is -3.32. The fourth-order valence-electron chi connectivity index (χ4n) is 7.74. The summed E-state index contributed by atoms with van der Waals surface area (Å²) in [6, 6.07) is 29.2. The summed E-state index contributed by atoms with van der Waals surface area (Å²) in [5, 5.41) is 18.3. The van der Waals surface area contributed by atoms with Crippen molar-refractivity contribution in [3.8, 4) is 28.7 Å². The predicted octanol–water partition coefficient (Wildman–Crippen LogP) is 7.92. The van der Waals surface area contributed by atoms with Crippen molar-refractivity contribution < 1.29 is 41.8 Å².